The minimum absolute atomic E-state index is 0.0173. The Bertz CT molecular complexity index is 3410. The van der Waals surface area contributed by atoms with Gasteiger partial charge in [-0.1, -0.05) is 12.1 Å². The summed E-state index contributed by atoms with van der Waals surface area (Å²) in [6, 6.07) is 9.35. The molecular weight excluding hydrogens is 1130 g/mol. The number of fused-ring (bicyclic) bond motifs is 4. The first-order valence-electron chi connectivity index (χ1n) is 26.5. The molecule has 5 aromatic rings. The molecule has 29 nitrogen and oxygen atoms in total. The first-order valence-corrected chi connectivity index (χ1v) is 26.5. The molecule has 2 aliphatic carbocycles. The highest BCUT2D eigenvalue weighted by Crippen LogP contribution is 2.53. The second kappa shape index (κ2) is 24.7. The first-order chi connectivity index (χ1) is 40.2. The quantitative estimate of drug-likeness (QED) is 0.0413. The Morgan fingerprint density at radius 2 is 1.42 bits per heavy atom. The minimum atomic E-state index is -2.24. The number of hydrogen-bond donors (Lipinski definition) is 16. The van der Waals surface area contributed by atoms with Crippen LogP contribution < -0.4 is 25.4 Å². The van der Waals surface area contributed by atoms with Gasteiger partial charge < -0.3 is 125 Å². The Labute approximate surface area is 479 Å². The average Bonchev–Trinajstić information content (AvgIpc) is 0.778. The smallest absolute Gasteiger partial charge is 0.239 e. The molecule has 17 N–H and O–H groups in total. The van der Waals surface area contributed by atoms with Gasteiger partial charge in [0.15, 0.2) is 41.4 Å². The molecule has 0 radical (unpaired) electrons. The fourth-order valence-electron chi connectivity index (χ4n) is 10.8. The highest BCUT2D eigenvalue weighted by atomic mass is 16.7. The number of Topliss-reactive ketones (excluding diaryl/α,β-unsaturated/α-hetero) is 1. The lowest BCUT2D eigenvalue weighted by molar-refractivity contribution is -0.318. The zero-order chi connectivity index (χ0) is 61.8. The topological polar surface area (TPSA) is 485 Å². The Hall–Kier alpha value is -7.14. The maximum absolute atomic E-state index is 13.8. The number of nitrogens with two attached hydrogens (primary N) is 1. The lowest BCUT2D eigenvalue weighted by Gasteiger charge is -2.42. The van der Waals surface area contributed by atoms with Crippen molar-refractivity contribution in [1.82, 2.24) is 0 Å². The van der Waals surface area contributed by atoms with Crippen molar-refractivity contribution in [3.63, 3.8) is 0 Å². The normalized spacial score (nSPS) is 30.8. The molecule has 3 saturated heterocycles. The number of aromatic hydroxyl groups is 5. The van der Waals surface area contributed by atoms with E-state index in [1.807, 2.05) is 0 Å². The molecule has 85 heavy (non-hydrogen) atoms. The fourth-order valence-corrected chi connectivity index (χ4v) is 10.8. The van der Waals surface area contributed by atoms with Crippen LogP contribution >= 0.6 is 0 Å². The van der Waals surface area contributed by atoms with E-state index in [2.05, 4.69) is 0 Å². The van der Waals surface area contributed by atoms with E-state index in [0.717, 1.165) is 18.2 Å². The van der Waals surface area contributed by atoms with Crippen molar-refractivity contribution in [3.05, 3.63) is 92.1 Å². The molecule has 0 amide bonds. The number of benzene rings is 4. The summed E-state index contributed by atoms with van der Waals surface area (Å²) in [5.74, 6) is -6.51. The lowest BCUT2D eigenvalue weighted by Crippen LogP contribution is -2.61. The summed E-state index contributed by atoms with van der Waals surface area (Å²) in [5, 5.41) is 155. The van der Waals surface area contributed by atoms with Crippen LogP contribution in [0.15, 0.2) is 57.7 Å². The Morgan fingerprint density at radius 3 is 2.09 bits per heavy atom. The summed E-state index contributed by atoms with van der Waals surface area (Å²) >= 11 is 0. The van der Waals surface area contributed by atoms with Crippen LogP contribution in [0.5, 0.6) is 46.0 Å². The monoisotopic (exact) mass is 1200 g/mol. The van der Waals surface area contributed by atoms with Crippen molar-refractivity contribution in [1.29, 1.82) is 0 Å². The van der Waals surface area contributed by atoms with E-state index >= 15 is 0 Å². The van der Waals surface area contributed by atoms with Crippen LogP contribution in [0.25, 0.3) is 22.3 Å². The van der Waals surface area contributed by atoms with Crippen molar-refractivity contribution < 1.29 is 133 Å². The molecule has 4 aromatic carbocycles. The SMILES string of the molecule is COc1cccc2c1C(=O)c1c(O)c3c(c(O)c1C2=O)C[C@@](O)(C(=O)CO)C[C@@H]3O[C@H]1C[C@H](N)[C@H](O)[C@H](C)O1.C[C@@H]1O[C@@H](OC[C@H]2O[C@@H](Oc3c(-c4ccc(O)c(O)c4)oc4cc(OCCO)cc(O)c4c3=O)[C@H](O)[C@@H](O)[C@@H]2O)[C@H](O)[C@H](O)[C@H]1O. The molecule has 10 rings (SSSR count). The predicted octanol–water partition coefficient (Wildman–Crippen LogP) is -2.02. The van der Waals surface area contributed by atoms with Crippen LogP contribution in [0.2, 0.25) is 0 Å². The molecule has 0 saturated carbocycles. The molecule has 3 aliphatic heterocycles. The van der Waals surface area contributed by atoms with Crippen LogP contribution in [0.3, 0.4) is 0 Å². The van der Waals surface area contributed by atoms with Crippen molar-refractivity contribution in [2.45, 2.75) is 131 Å². The number of carbonyl (C=O) groups is 3. The number of hydrogen-bond acceptors (Lipinski definition) is 29. The molecule has 29 heteroatoms. The Morgan fingerprint density at radius 1 is 0.741 bits per heavy atom. The van der Waals surface area contributed by atoms with Gasteiger partial charge in [-0.2, -0.15) is 0 Å². The third-order valence-corrected chi connectivity index (χ3v) is 15.4. The third-order valence-electron chi connectivity index (χ3n) is 15.4. The van der Waals surface area contributed by atoms with Crippen LogP contribution in [-0.2, 0) is 34.9 Å². The van der Waals surface area contributed by atoms with Crippen molar-refractivity contribution in [2.75, 3.05) is 33.5 Å². The molecule has 1 aromatic heterocycles. The average molecular weight is 1200 g/mol. The van der Waals surface area contributed by atoms with E-state index in [-0.39, 0.29) is 70.3 Å². The molecule has 460 valence electrons. The van der Waals surface area contributed by atoms with Gasteiger partial charge in [0.25, 0.3) is 0 Å². The summed E-state index contributed by atoms with van der Waals surface area (Å²) in [6.07, 6.45) is -21.3. The number of ketones is 3. The number of methoxy groups -OCH3 is 1. The number of phenolic OH excluding ortho intramolecular Hbond substituents is 5. The first kappa shape index (κ1) is 62.4. The van der Waals surface area contributed by atoms with Gasteiger partial charge in [-0.15, -0.1) is 0 Å². The van der Waals surface area contributed by atoms with Gasteiger partial charge in [0, 0.05) is 59.7 Å². The number of carbonyl (C=O) groups excluding carboxylic acids is 3. The summed E-state index contributed by atoms with van der Waals surface area (Å²) in [4.78, 5) is 53.5. The van der Waals surface area contributed by atoms with E-state index in [9.17, 15) is 90.7 Å². The van der Waals surface area contributed by atoms with Gasteiger partial charge in [0.2, 0.25) is 23.3 Å². The molecule has 16 atom stereocenters. The molecule has 5 aliphatic rings. The summed E-state index contributed by atoms with van der Waals surface area (Å²) in [7, 11) is 1.32. The Balaban J connectivity index is 0.000000206. The van der Waals surface area contributed by atoms with E-state index in [4.69, 9.17) is 53.2 Å². The largest absolute Gasteiger partial charge is 0.507 e. The zero-order valence-corrected chi connectivity index (χ0v) is 45.3. The van der Waals surface area contributed by atoms with E-state index < -0.39 is 198 Å². The van der Waals surface area contributed by atoms with Gasteiger partial charge >= 0.3 is 0 Å². The third kappa shape index (κ3) is 11.6. The standard InChI is InChI=1S/C29H34O17.C27H29NO11/c1-10-19(34)22(37)24(39)28(43-10)42-9-17-20(35)23(38)25(40)29(45-17)46-27-21(36)18-15(33)7-12(41-5-4-30)8-16(18)44-26(27)11-2-3-13(31)14(32)6-11;1-10-22(31)13(28)6-17(38-10)39-15-8-27(36,16(30)9-29)7-12-19(15)26(35)21-20(24(12)33)23(32)11-4-3-5-14(37-2)18(11)25(21)34/h2-3,6-8,10,17,19-20,22-25,28-35,37-40H,4-5,9H2,1H3;3-5,10,13,15,17,22,29,31,33,35-36H,6-9,28H2,1-2H3/t10-,17+,19-,20+,22+,23-,24+,25+,28+,29-;10-,13-,15-,17-,22+,27-/m00/s1. The molecule has 0 bridgehead atoms. The van der Waals surface area contributed by atoms with Crippen molar-refractivity contribution >= 4 is 28.3 Å². The molecular formula is C56H63NO28. The van der Waals surface area contributed by atoms with Gasteiger partial charge in [0.1, 0.15) is 101 Å². The number of aliphatic hydroxyl groups excluding tert-OH is 9. The van der Waals surface area contributed by atoms with Crippen LogP contribution in [-0.4, -0.2) is 219 Å². The molecule has 3 fully saturated rings. The second-order valence-corrected chi connectivity index (χ2v) is 21.0. The van der Waals surface area contributed by atoms with Gasteiger partial charge in [-0.25, -0.2) is 0 Å². The molecule has 4 heterocycles. The number of rotatable bonds is 14. The van der Waals surface area contributed by atoms with E-state index in [1.54, 1.807) is 6.92 Å². The van der Waals surface area contributed by atoms with Crippen molar-refractivity contribution in [3.8, 4) is 57.3 Å². The number of phenols is 5. The highest BCUT2D eigenvalue weighted by molar-refractivity contribution is 6.31. The molecule has 0 unspecified atom stereocenters. The maximum atomic E-state index is 13.8. The lowest BCUT2D eigenvalue weighted by atomic mass is 9.72. The van der Waals surface area contributed by atoms with Gasteiger partial charge in [-0.05, 0) is 38.1 Å². The summed E-state index contributed by atoms with van der Waals surface area (Å²) in [5.41, 5.74) is 1.14. The fraction of sp³-hybridized carbons (Fsp3) is 0.464. The summed E-state index contributed by atoms with van der Waals surface area (Å²) in [6.45, 7) is 0.892. The summed E-state index contributed by atoms with van der Waals surface area (Å²) < 4.78 is 50.4. The maximum Gasteiger partial charge on any atom is 0.239 e. The number of ether oxygens (including phenoxy) is 8. The van der Waals surface area contributed by atoms with Crippen LogP contribution in [0.1, 0.15) is 75.8 Å². The predicted molar refractivity (Wildman–Crippen MR) is 283 cm³/mol. The van der Waals surface area contributed by atoms with E-state index in [1.165, 1.54) is 44.4 Å². The Kier molecular flexibility index (Phi) is 18.1. The van der Waals surface area contributed by atoms with Crippen LogP contribution in [0, 0.1) is 0 Å². The van der Waals surface area contributed by atoms with Gasteiger partial charge in [0.05, 0.1) is 61.4 Å². The zero-order valence-electron chi connectivity index (χ0n) is 45.3. The van der Waals surface area contributed by atoms with E-state index in [0.29, 0.717) is 0 Å². The minimum Gasteiger partial charge on any atom is -0.507 e. The van der Waals surface area contributed by atoms with Crippen molar-refractivity contribution in [2.24, 2.45) is 5.73 Å². The number of aliphatic hydroxyl groups is 10. The molecule has 0 spiro atoms. The van der Waals surface area contributed by atoms with Crippen LogP contribution in [0.4, 0.5) is 0 Å². The highest BCUT2D eigenvalue weighted by Gasteiger charge is 2.51. The van der Waals surface area contributed by atoms with Gasteiger partial charge in [-0.3, -0.25) is 19.2 Å². The second-order valence-electron chi connectivity index (χ2n) is 21.0.